The number of alkyl halides is 1. The Morgan fingerprint density at radius 2 is 2.19 bits per heavy atom. The molecule has 1 aliphatic heterocycles. The van der Waals surface area contributed by atoms with Gasteiger partial charge in [0.05, 0.1) is 11.3 Å². The highest BCUT2D eigenvalue weighted by atomic mass is 19.1. The number of nitrogens with two attached hydrogens (primary N) is 1. The maximum Gasteiger partial charge on any atom is 0.250 e. The van der Waals surface area contributed by atoms with Crippen molar-refractivity contribution in [2.75, 3.05) is 13.1 Å². The summed E-state index contributed by atoms with van der Waals surface area (Å²) in [5.74, 6) is -2.53. The topological polar surface area (TPSA) is 72.9 Å². The Labute approximate surface area is 150 Å². The van der Waals surface area contributed by atoms with Gasteiger partial charge < -0.3 is 11.1 Å². The van der Waals surface area contributed by atoms with E-state index in [0.29, 0.717) is 16.6 Å². The number of halogens is 2. The van der Waals surface area contributed by atoms with Crippen LogP contribution in [0.5, 0.6) is 0 Å². The average molecular weight is 357 g/mol. The highest BCUT2D eigenvalue weighted by molar-refractivity contribution is 6.04. The van der Waals surface area contributed by atoms with E-state index in [0.717, 1.165) is 0 Å². The Balaban J connectivity index is 1.74. The number of fused-ring (bicyclic) bond motifs is 1. The molecule has 7 heteroatoms. The molecule has 134 valence electrons. The van der Waals surface area contributed by atoms with Crippen molar-refractivity contribution in [2.24, 2.45) is 5.73 Å². The summed E-state index contributed by atoms with van der Waals surface area (Å²) in [4.78, 5) is 11.6. The van der Waals surface area contributed by atoms with Crippen molar-refractivity contribution in [3.8, 4) is 5.69 Å². The van der Waals surface area contributed by atoms with Crippen molar-refractivity contribution in [3.05, 3.63) is 59.5 Å². The standard InChI is InChI=1S/C19H18F2N4O/c20-13-6-12(8-23-9-13)15-5-4-14(7-17(15)21)25-10-11-2-1-3-16(19(22)26)18(11)24-25/h1-5,7,10,12-13,23H,6,8-9H2,(H2,22,26)/t12-,13-/m1/s1/i12D. The first-order valence-corrected chi connectivity index (χ1v) is 8.31. The van der Waals surface area contributed by atoms with E-state index < -0.39 is 23.8 Å². The molecule has 1 aliphatic rings. The summed E-state index contributed by atoms with van der Waals surface area (Å²) in [6, 6.07) is 9.46. The van der Waals surface area contributed by atoms with Crippen LogP contribution < -0.4 is 11.1 Å². The van der Waals surface area contributed by atoms with Crippen molar-refractivity contribution in [2.45, 2.75) is 18.5 Å². The lowest BCUT2D eigenvalue weighted by atomic mass is 9.90. The van der Waals surface area contributed by atoms with Gasteiger partial charge in [0.2, 0.25) is 0 Å². The van der Waals surface area contributed by atoms with Crippen LogP contribution in [-0.4, -0.2) is 34.9 Å². The molecule has 2 heterocycles. The van der Waals surface area contributed by atoms with E-state index in [1.54, 1.807) is 30.5 Å². The Bertz CT molecular complexity index is 1040. The number of carbonyl (C=O) groups excluding carboxylic acids is 1. The summed E-state index contributed by atoms with van der Waals surface area (Å²) in [6.45, 7) is 0.375. The maximum absolute atomic E-state index is 14.8. The van der Waals surface area contributed by atoms with Crippen LogP contribution >= 0.6 is 0 Å². The number of carbonyl (C=O) groups is 1. The molecule has 0 saturated carbocycles. The molecule has 0 radical (unpaired) electrons. The van der Waals surface area contributed by atoms with Gasteiger partial charge in [0, 0.05) is 31.9 Å². The molecular weight excluding hydrogens is 338 g/mol. The number of nitrogens with zero attached hydrogens (tertiary/aromatic N) is 2. The monoisotopic (exact) mass is 357 g/mol. The molecule has 5 nitrogen and oxygen atoms in total. The zero-order valence-electron chi connectivity index (χ0n) is 14.9. The largest absolute Gasteiger partial charge is 0.366 e. The number of hydrogen-bond acceptors (Lipinski definition) is 3. The van der Waals surface area contributed by atoms with Gasteiger partial charge in [-0.05, 0) is 30.2 Å². The molecule has 0 spiro atoms. The minimum Gasteiger partial charge on any atom is -0.366 e. The fraction of sp³-hybridized carbons (Fsp3) is 0.263. The Morgan fingerprint density at radius 3 is 2.92 bits per heavy atom. The number of aromatic nitrogens is 2. The Morgan fingerprint density at radius 1 is 1.35 bits per heavy atom. The molecule has 0 unspecified atom stereocenters. The van der Waals surface area contributed by atoms with Gasteiger partial charge in [-0.2, -0.15) is 5.10 Å². The van der Waals surface area contributed by atoms with Crippen molar-refractivity contribution in [1.82, 2.24) is 15.1 Å². The van der Waals surface area contributed by atoms with Crippen molar-refractivity contribution < 1.29 is 14.9 Å². The zero-order chi connectivity index (χ0) is 19.2. The SMILES string of the molecule is [2H][C@]1(c2ccc(-n3cc4cccc(C(N)=O)c4n3)cc2F)CNC[C@H](F)C1. The van der Waals surface area contributed by atoms with Crippen LogP contribution in [0.2, 0.25) is 0 Å². The quantitative estimate of drug-likeness (QED) is 0.757. The average Bonchev–Trinajstić information content (AvgIpc) is 3.05. The predicted octanol–water partition coefficient (Wildman–Crippen LogP) is 2.68. The fourth-order valence-corrected chi connectivity index (χ4v) is 3.31. The minimum absolute atomic E-state index is 0.0517. The third kappa shape index (κ3) is 2.94. The molecule has 2 atom stereocenters. The van der Waals surface area contributed by atoms with Gasteiger partial charge >= 0.3 is 0 Å². The number of rotatable bonds is 3. The minimum atomic E-state index is -1.35. The Hall–Kier alpha value is -2.80. The van der Waals surface area contributed by atoms with Crippen LogP contribution in [-0.2, 0) is 0 Å². The summed E-state index contributed by atoms with van der Waals surface area (Å²) in [7, 11) is 0. The lowest BCUT2D eigenvalue weighted by Crippen LogP contribution is -2.36. The van der Waals surface area contributed by atoms with Gasteiger partial charge in [0.1, 0.15) is 17.5 Å². The molecule has 0 aliphatic carbocycles. The van der Waals surface area contributed by atoms with Crippen molar-refractivity contribution in [3.63, 3.8) is 0 Å². The maximum atomic E-state index is 14.8. The molecule has 26 heavy (non-hydrogen) atoms. The highest BCUT2D eigenvalue weighted by Gasteiger charge is 2.25. The van der Waals surface area contributed by atoms with E-state index in [9.17, 15) is 13.6 Å². The van der Waals surface area contributed by atoms with Crippen LogP contribution in [0.4, 0.5) is 8.78 Å². The Kier molecular flexibility index (Phi) is 3.86. The summed E-state index contributed by atoms with van der Waals surface area (Å²) in [5.41, 5.74) is 6.68. The van der Waals surface area contributed by atoms with Crippen LogP contribution in [0.25, 0.3) is 16.6 Å². The highest BCUT2D eigenvalue weighted by Crippen LogP contribution is 2.28. The van der Waals surface area contributed by atoms with Gasteiger partial charge in [0.15, 0.2) is 0 Å². The van der Waals surface area contributed by atoms with Gasteiger partial charge in [-0.3, -0.25) is 4.79 Å². The number of primary amides is 1. The molecule has 4 rings (SSSR count). The van der Waals surface area contributed by atoms with E-state index >= 15 is 0 Å². The molecule has 2 aromatic carbocycles. The van der Waals surface area contributed by atoms with E-state index in [1.165, 1.54) is 16.8 Å². The molecule has 1 fully saturated rings. The molecule has 1 amide bonds. The van der Waals surface area contributed by atoms with Crippen LogP contribution in [0.1, 0.15) is 29.6 Å². The molecular formula is C19H18F2N4O. The van der Waals surface area contributed by atoms with Gasteiger partial charge in [-0.15, -0.1) is 0 Å². The van der Waals surface area contributed by atoms with Gasteiger partial charge in [-0.25, -0.2) is 13.5 Å². The molecule has 1 aromatic heterocycles. The lowest BCUT2D eigenvalue weighted by molar-refractivity contribution is 0.100. The third-order valence-electron chi connectivity index (χ3n) is 4.57. The number of benzene rings is 2. The number of nitrogens with one attached hydrogen (secondary N) is 1. The predicted molar refractivity (Wildman–Crippen MR) is 94.7 cm³/mol. The van der Waals surface area contributed by atoms with E-state index in [2.05, 4.69) is 10.4 Å². The molecule has 3 N–H and O–H groups in total. The van der Waals surface area contributed by atoms with E-state index in [4.69, 9.17) is 7.10 Å². The summed E-state index contributed by atoms with van der Waals surface area (Å²) in [6.07, 6.45) is 0.440. The van der Waals surface area contributed by atoms with Crippen LogP contribution in [0.3, 0.4) is 0 Å². The van der Waals surface area contributed by atoms with Crippen LogP contribution in [0, 0.1) is 5.82 Å². The first-order valence-electron chi connectivity index (χ1n) is 8.81. The summed E-state index contributed by atoms with van der Waals surface area (Å²) >= 11 is 0. The lowest BCUT2D eigenvalue weighted by Gasteiger charge is -2.26. The van der Waals surface area contributed by atoms with Crippen molar-refractivity contribution in [1.29, 1.82) is 0 Å². The molecule has 1 saturated heterocycles. The third-order valence-corrected chi connectivity index (χ3v) is 4.57. The van der Waals surface area contributed by atoms with E-state index in [1.807, 2.05) is 0 Å². The first kappa shape index (κ1) is 15.5. The second-order valence-electron chi connectivity index (χ2n) is 6.38. The summed E-state index contributed by atoms with van der Waals surface area (Å²) < 4.78 is 38.4. The zero-order valence-corrected chi connectivity index (χ0v) is 13.9. The van der Waals surface area contributed by atoms with Crippen LogP contribution in [0.15, 0.2) is 42.6 Å². The van der Waals surface area contributed by atoms with E-state index in [-0.39, 0.29) is 30.6 Å². The first-order chi connectivity index (χ1) is 12.9. The smallest absolute Gasteiger partial charge is 0.250 e. The van der Waals surface area contributed by atoms with Gasteiger partial charge in [0.25, 0.3) is 5.91 Å². The van der Waals surface area contributed by atoms with Crippen molar-refractivity contribution >= 4 is 16.8 Å². The number of piperidine rings is 1. The molecule has 0 bridgehead atoms. The number of amides is 1. The second-order valence-corrected chi connectivity index (χ2v) is 6.38. The fourth-order valence-electron chi connectivity index (χ4n) is 3.31. The normalized spacial score (nSPS) is 23.8. The van der Waals surface area contributed by atoms with Gasteiger partial charge in [-0.1, -0.05) is 18.2 Å². The second kappa shape index (κ2) is 6.49. The molecule has 3 aromatic rings. The number of hydrogen-bond donors (Lipinski definition) is 2. The summed E-state index contributed by atoms with van der Waals surface area (Å²) in [5, 5.41) is 7.89.